The Hall–Kier alpha value is -1.41. The van der Waals surface area contributed by atoms with Crippen LogP contribution < -0.4 is 5.32 Å². The predicted molar refractivity (Wildman–Crippen MR) is 367 cm³/mol. The predicted octanol–water partition coefficient (Wildman–Crippen LogP) is 19.1. The first kappa shape index (κ1) is 83.6. The fraction of sp³-hybridized carbons (Fsp3) is 0.934. The molecule has 516 valence electrons. The van der Waals surface area contributed by atoms with Gasteiger partial charge in [0, 0.05) is 0 Å². The lowest BCUT2D eigenvalue weighted by molar-refractivity contribution is -0.303. The number of aliphatic hydroxyl groups is 7. The third-order valence-corrected chi connectivity index (χ3v) is 18.8. The second-order valence-corrected chi connectivity index (χ2v) is 27.1. The second kappa shape index (κ2) is 64.7. The molecule has 87 heavy (non-hydrogen) atoms. The van der Waals surface area contributed by atoms with Gasteiger partial charge in [0.2, 0.25) is 5.91 Å². The summed E-state index contributed by atoms with van der Waals surface area (Å²) in [5.74, 6) is -0.689. The monoisotopic (exact) mass is 1230 g/mol. The van der Waals surface area contributed by atoms with E-state index >= 15 is 0 Å². The molecule has 0 aromatic carbocycles. The van der Waals surface area contributed by atoms with E-state index in [0.717, 1.165) is 44.9 Å². The van der Waals surface area contributed by atoms with Crippen LogP contribution in [-0.4, -0.2) is 110 Å². The molecule has 1 heterocycles. The van der Waals surface area contributed by atoms with Gasteiger partial charge in [0.1, 0.15) is 36.6 Å². The van der Waals surface area contributed by atoms with Crippen molar-refractivity contribution in [2.75, 3.05) is 13.2 Å². The summed E-state index contributed by atoms with van der Waals surface area (Å²) < 4.78 is 11.2. The van der Waals surface area contributed by atoms with Gasteiger partial charge in [0.05, 0.1) is 25.4 Å². The molecule has 11 heteroatoms. The molecule has 8 N–H and O–H groups in total. The van der Waals surface area contributed by atoms with Crippen molar-refractivity contribution in [2.24, 2.45) is 0 Å². The number of carbonyl (C=O) groups excluding carboxylic acids is 1. The van der Waals surface area contributed by atoms with E-state index in [-0.39, 0.29) is 6.42 Å². The fourth-order valence-corrected chi connectivity index (χ4v) is 12.7. The lowest BCUT2D eigenvalue weighted by Crippen LogP contribution is -2.60. The van der Waals surface area contributed by atoms with Gasteiger partial charge in [-0.15, -0.1) is 0 Å². The normalized spacial score (nSPS) is 18.7. The third-order valence-electron chi connectivity index (χ3n) is 18.8. The van der Waals surface area contributed by atoms with Crippen LogP contribution in [0.2, 0.25) is 0 Å². The van der Waals surface area contributed by atoms with Gasteiger partial charge < -0.3 is 50.5 Å². The smallest absolute Gasteiger partial charge is 0.249 e. The maximum Gasteiger partial charge on any atom is 0.249 e. The summed E-state index contributed by atoms with van der Waals surface area (Å²) >= 11 is 0. The Balaban J connectivity index is 2.15. The number of amides is 1. The number of nitrogens with one attached hydrogen (secondary N) is 1. The molecule has 0 bridgehead atoms. The van der Waals surface area contributed by atoms with Crippen molar-refractivity contribution in [1.29, 1.82) is 0 Å². The van der Waals surface area contributed by atoms with Crippen LogP contribution in [0.5, 0.6) is 0 Å². The van der Waals surface area contributed by atoms with E-state index in [4.69, 9.17) is 9.47 Å². The molecule has 0 aromatic rings. The summed E-state index contributed by atoms with van der Waals surface area (Å²) in [5, 5.41) is 76.7. The Labute approximate surface area is 537 Å². The molecular formula is C76H147NO10. The summed E-state index contributed by atoms with van der Waals surface area (Å²) in [7, 11) is 0. The first-order chi connectivity index (χ1) is 42.7. The van der Waals surface area contributed by atoms with E-state index in [0.29, 0.717) is 19.3 Å². The minimum Gasteiger partial charge on any atom is -0.394 e. The summed E-state index contributed by atoms with van der Waals surface area (Å²) in [5.41, 5.74) is 0. The van der Waals surface area contributed by atoms with Crippen LogP contribution in [-0.2, 0) is 14.3 Å². The van der Waals surface area contributed by atoms with E-state index in [2.05, 4.69) is 43.5 Å². The van der Waals surface area contributed by atoms with Crippen LogP contribution in [0.4, 0.5) is 0 Å². The van der Waals surface area contributed by atoms with Crippen molar-refractivity contribution in [3.63, 3.8) is 0 Å². The number of aliphatic hydroxyl groups excluding tert-OH is 7. The molecule has 0 aromatic heterocycles. The molecule has 9 atom stereocenters. The number of ether oxygens (including phenoxy) is 2. The number of rotatable bonds is 68. The highest BCUT2D eigenvalue weighted by Crippen LogP contribution is 2.24. The Morgan fingerprint density at radius 3 is 1.02 bits per heavy atom. The molecule has 1 rings (SSSR count). The van der Waals surface area contributed by atoms with Crippen molar-refractivity contribution in [3.8, 4) is 0 Å². The van der Waals surface area contributed by atoms with Crippen molar-refractivity contribution in [3.05, 3.63) is 24.3 Å². The molecule has 1 saturated heterocycles. The van der Waals surface area contributed by atoms with Crippen molar-refractivity contribution in [1.82, 2.24) is 5.32 Å². The second-order valence-electron chi connectivity index (χ2n) is 27.1. The van der Waals surface area contributed by atoms with Crippen LogP contribution in [0, 0.1) is 0 Å². The molecule has 9 unspecified atom stereocenters. The highest BCUT2D eigenvalue weighted by molar-refractivity contribution is 5.80. The van der Waals surface area contributed by atoms with Crippen molar-refractivity contribution >= 4 is 5.91 Å². The molecule has 1 aliphatic rings. The number of hydrogen-bond donors (Lipinski definition) is 8. The Kier molecular flexibility index (Phi) is 62.2. The highest BCUT2D eigenvalue weighted by atomic mass is 16.7. The van der Waals surface area contributed by atoms with Gasteiger partial charge in [-0.25, -0.2) is 0 Å². The van der Waals surface area contributed by atoms with Crippen LogP contribution >= 0.6 is 0 Å². The van der Waals surface area contributed by atoms with Gasteiger partial charge in [0.25, 0.3) is 0 Å². The van der Waals surface area contributed by atoms with Gasteiger partial charge >= 0.3 is 0 Å². The average molecular weight is 1240 g/mol. The molecule has 0 saturated carbocycles. The lowest BCUT2D eigenvalue weighted by atomic mass is 9.98. The molecule has 1 aliphatic heterocycles. The number of carbonyl (C=O) groups is 1. The maximum absolute atomic E-state index is 13.3. The lowest BCUT2D eigenvalue weighted by Gasteiger charge is -2.40. The van der Waals surface area contributed by atoms with E-state index in [1.165, 1.54) is 302 Å². The molecule has 11 nitrogen and oxygen atoms in total. The molecule has 1 fully saturated rings. The average Bonchev–Trinajstić information content (AvgIpc) is 1.96. The summed E-state index contributed by atoms with van der Waals surface area (Å²) in [6.07, 6.45) is 71.3. The molecule has 0 radical (unpaired) electrons. The number of allylic oxidation sites excluding steroid dienone is 4. The summed E-state index contributed by atoms with van der Waals surface area (Å²) in [6, 6.07) is -1.17. The highest BCUT2D eigenvalue weighted by Gasteiger charge is 2.44. The standard InChI is InChI=1S/C76H147NO10/c1-3-5-7-9-11-13-15-17-19-21-23-25-27-29-31-33-34-35-36-38-40-42-44-46-48-50-52-54-56-58-60-62-64-69(80)75(85)77-67(66-86-76-74(84)73(83)72(82)70(65-78)87-76)71(81)68(79)63-61-59-57-55-53-51-49-47-45-43-41-39-37-32-30-28-26-24-22-20-18-16-14-12-10-8-6-4-2/h23,25,29,31,67-74,76,78-84H,3-22,24,26-28,30,32-66H2,1-2H3,(H,77,85)/b25-23-,31-29-. The van der Waals surface area contributed by atoms with E-state index < -0.39 is 74.2 Å². The minimum absolute atomic E-state index is 0.263. The first-order valence-electron chi connectivity index (χ1n) is 38.2. The van der Waals surface area contributed by atoms with E-state index in [9.17, 15) is 40.5 Å². The first-order valence-corrected chi connectivity index (χ1v) is 38.2. The largest absolute Gasteiger partial charge is 0.394 e. The van der Waals surface area contributed by atoms with Gasteiger partial charge in [-0.2, -0.15) is 0 Å². The van der Waals surface area contributed by atoms with Gasteiger partial charge in [-0.05, 0) is 44.9 Å². The van der Waals surface area contributed by atoms with Crippen LogP contribution in [0.15, 0.2) is 24.3 Å². The summed E-state index contributed by atoms with van der Waals surface area (Å²) in [6.45, 7) is 3.53. The van der Waals surface area contributed by atoms with Gasteiger partial charge in [0.15, 0.2) is 6.29 Å². The zero-order valence-electron chi connectivity index (χ0n) is 57.3. The SMILES string of the molecule is CCCCCCCCCCC/C=C\C/C=C\CCCCCCCCCCCCCCCCCCC(O)C(=O)NC(COC1OC(CO)C(O)C(O)C1O)C(O)C(O)CCCCCCCCCCCCCCCCCCCCCCCCCCCCCC. The number of unbranched alkanes of at least 4 members (excludes halogenated alkanes) is 52. The topological polar surface area (TPSA) is 189 Å². The van der Waals surface area contributed by atoms with Gasteiger partial charge in [-0.1, -0.05) is 366 Å². The zero-order chi connectivity index (χ0) is 63.1. The Morgan fingerprint density at radius 1 is 0.402 bits per heavy atom. The van der Waals surface area contributed by atoms with Crippen LogP contribution in [0.25, 0.3) is 0 Å². The minimum atomic E-state index is -1.66. The Bertz CT molecular complexity index is 1460. The van der Waals surface area contributed by atoms with Gasteiger partial charge in [-0.3, -0.25) is 4.79 Å². The van der Waals surface area contributed by atoms with E-state index in [1.807, 2.05) is 0 Å². The zero-order valence-corrected chi connectivity index (χ0v) is 57.3. The fourth-order valence-electron chi connectivity index (χ4n) is 12.7. The summed E-state index contributed by atoms with van der Waals surface area (Å²) in [4.78, 5) is 13.3. The molecular weight excluding hydrogens is 1090 g/mol. The quantitative estimate of drug-likeness (QED) is 0.0215. The van der Waals surface area contributed by atoms with Crippen molar-refractivity contribution < 1.29 is 50.0 Å². The van der Waals surface area contributed by atoms with E-state index in [1.54, 1.807) is 0 Å². The maximum atomic E-state index is 13.3. The van der Waals surface area contributed by atoms with Crippen LogP contribution in [0.3, 0.4) is 0 Å². The molecule has 1 amide bonds. The molecule has 0 aliphatic carbocycles. The number of hydrogen-bond acceptors (Lipinski definition) is 10. The Morgan fingerprint density at radius 2 is 0.701 bits per heavy atom. The van der Waals surface area contributed by atoms with Crippen molar-refractivity contribution in [2.45, 2.75) is 441 Å². The van der Waals surface area contributed by atoms with Crippen LogP contribution in [0.1, 0.15) is 386 Å². The third kappa shape index (κ3) is 51.8. The molecule has 0 spiro atoms.